The molecule has 0 aliphatic carbocycles. The van der Waals surface area contributed by atoms with E-state index in [-0.39, 0.29) is 18.9 Å². The second-order valence-electron chi connectivity index (χ2n) is 5.80. The molecule has 0 aromatic heterocycles. The minimum atomic E-state index is -3.53. The summed E-state index contributed by atoms with van der Waals surface area (Å²) in [6, 6.07) is 11.8. The molecule has 1 N–H and O–H groups in total. The fourth-order valence-corrected chi connectivity index (χ4v) is 3.44. The van der Waals surface area contributed by atoms with Crippen molar-refractivity contribution in [2.45, 2.75) is 13.3 Å². The van der Waals surface area contributed by atoms with Gasteiger partial charge in [-0.2, -0.15) is 0 Å². The van der Waals surface area contributed by atoms with Crippen LogP contribution in [0.4, 0.5) is 11.4 Å². The van der Waals surface area contributed by atoms with E-state index < -0.39 is 10.0 Å². The zero-order chi connectivity index (χ0) is 19.3. The summed E-state index contributed by atoms with van der Waals surface area (Å²) in [4.78, 5) is 12.2. The average Bonchev–Trinajstić information content (AvgIpc) is 2.58. The van der Waals surface area contributed by atoms with Crippen molar-refractivity contribution in [3.63, 3.8) is 0 Å². The van der Waals surface area contributed by atoms with Gasteiger partial charge in [-0.15, -0.1) is 0 Å². The Balaban J connectivity index is 2.06. The molecule has 0 bridgehead atoms. The molecule has 0 aliphatic heterocycles. The molecule has 2 aromatic rings. The van der Waals surface area contributed by atoms with Crippen molar-refractivity contribution < 1.29 is 17.9 Å². The van der Waals surface area contributed by atoms with Crippen molar-refractivity contribution in [2.75, 3.05) is 29.5 Å². The van der Waals surface area contributed by atoms with Crippen LogP contribution < -0.4 is 14.4 Å². The lowest BCUT2D eigenvalue weighted by Gasteiger charge is -2.22. The van der Waals surface area contributed by atoms with Crippen molar-refractivity contribution in [1.82, 2.24) is 0 Å². The average molecular weight is 397 g/mol. The number of sulfonamides is 1. The highest BCUT2D eigenvalue weighted by Gasteiger charge is 2.18. The molecule has 26 heavy (non-hydrogen) atoms. The van der Waals surface area contributed by atoms with Crippen molar-refractivity contribution >= 4 is 38.9 Å². The molecule has 1 amide bonds. The van der Waals surface area contributed by atoms with Crippen LogP contribution in [0.3, 0.4) is 0 Å². The summed E-state index contributed by atoms with van der Waals surface area (Å²) in [7, 11) is -1.99. The van der Waals surface area contributed by atoms with Gasteiger partial charge < -0.3 is 10.1 Å². The van der Waals surface area contributed by atoms with Crippen LogP contribution in [0, 0.1) is 6.92 Å². The topological polar surface area (TPSA) is 75.7 Å². The smallest absolute Gasteiger partial charge is 0.232 e. The molecule has 0 aliphatic rings. The number of carbonyl (C=O) groups excluding carboxylic acids is 1. The van der Waals surface area contributed by atoms with E-state index >= 15 is 0 Å². The van der Waals surface area contributed by atoms with E-state index in [0.29, 0.717) is 22.1 Å². The standard InChI is InChI=1S/C18H21ClN2O4S/c1-13-4-5-14(12-17(13)19)20-18(22)10-11-21(26(3,23)24)15-6-8-16(25-2)9-7-15/h4-9,12H,10-11H2,1-3H3,(H,20,22). The summed E-state index contributed by atoms with van der Waals surface area (Å²) >= 11 is 6.04. The van der Waals surface area contributed by atoms with E-state index in [1.807, 2.05) is 6.92 Å². The number of nitrogens with zero attached hydrogens (tertiary/aromatic N) is 1. The summed E-state index contributed by atoms with van der Waals surface area (Å²) in [6.07, 6.45) is 1.11. The molecule has 0 saturated carbocycles. The van der Waals surface area contributed by atoms with Crippen molar-refractivity contribution in [2.24, 2.45) is 0 Å². The highest BCUT2D eigenvalue weighted by atomic mass is 35.5. The first-order valence-electron chi connectivity index (χ1n) is 7.88. The van der Waals surface area contributed by atoms with E-state index in [0.717, 1.165) is 11.8 Å². The van der Waals surface area contributed by atoms with Gasteiger partial charge in [-0.3, -0.25) is 9.10 Å². The van der Waals surface area contributed by atoms with Crippen LogP contribution in [0.25, 0.3) is 0 Å². The number of hydrogen-bond acceptors (Lipinski definition) is 4. The summed E-state index contributed by atoms with van der Waals surface area (Å²) < 4.78 is 30.4. The molecule has 0 atom stereocenters. The number of ether oxygens (including phenoxy) is 1. The number of methoxy groups -OCH3 is 1. The lowest BCUT2D eigenvalue weighted by Crippen LogP contribution is -2.33. The monoisotopic (exact) mass is 396 g/mol. The Morgan fingerprint density at radius 3 is 2.38 bits per heavy atom. The fraction of sp³-hybridized carbons (Fsp3) is 0.278. The molecule has 0 heterocycles. The van der Waals surface area contributed by atoms with Crippen LogP contribution in [-0.2, 0) is 14.8 Å². The number of halogens is 1. The molecule has 0 saturated heterocycles. The lowest BCUT2D eigenvalue weighted by atomic mass is 10.2. The van der Waals surface area contributed by atoms with Crippen molar-refractivity contribution in [3.8, 4) is 5.75 Å². The predicted octanol–water partition coefficient (Wildman–Crippen LogP) is 3.45. The van der Waals surface area contributed by atoms with Crippen LogP contribution in [-0.4, -0.2) is 34.2 Å². The predicted molar refractivity (Wildman–Crippen MR) is 105 cm³/mol. The van der Waals surface area contributed by atoms with E-state index in [2.05, 4.69) is 5.32 Å². The van der Waals surface area contributed by atoms with Gasteiger partial charge in [-0.05, 0) is 48.9 Å². The molecule has 0 fully saturated rings. The van der Waals surface area contributed by atoms with Crippen LogP contribution in [0.15, 0.2) is 42.5 Å². The summed E-state index contributed by atoms with van der Waals surface area (Å²) in [5.74, 6) is 0.322. The molecule has 0 radical (unpaired) electrons. The third kappa shape index (κ3) is 5.37. The first kappa shape index (κ1) is 20.1. The molecular formula is C18H21ClN2O4S. The molecule has 8 heteroatoms. The Morgan fingerprint density at radius 2 is 1.85 bits per heavy atom. The molecule has 6 nitrogen and oxygen atoms in total. The zero-order valence-corrected chi connectivity index (χ0v) is 16.4. The molecule has 2 rings (SSSR count). The second-order valence-corrected chi connectivity index (χ2v) is 8.11. The van der Waals surface area contributed by atoms with Gasteiger partial charge in [0.15, 0.2) is 0 Å². The van der Waals surface area contributed by atoms with Gasteiger partial charge in [0.05, 0.1) is 19.1 Å². The van der Waals surface area contributed by atoms with Crippen LogP contribution in [0.1, 0.15) is 12.0 Å². The second kappa shape index (κ2) is 8.42. The fourth-order valence-electron chi connectivity index (χ4n) is 2.33. The number of hydrogen-bond donors (Lipinski definition) is 1. The first-order valence-corrected chi connectivity index (χ1v) is 10.1. The maximum absolute atomic E-state index is 12.2. The molecule has 0 unspecified atom stereocenters. The number of amides is 1. The summed E-state index contributed by atoms with van der Waals surface area (Å²) in [5, 5.41) is 3.28. The third-order valence-corrected chi connectivity index (χ3v) is 5.36. The van der Waals surface area contributed by atoms with Gasteiger partial charge >= 0.3 is 0 Å². The SMILES string of the molecule is COc1ccc(N(CCC(=O)Nc2ccc(C)c(Cl)c2)S(C)(=O)=O)cc1. The summed E-state index contributed by atoms with van der Waals surface area (Å²) in [6.45, 7) is 1.89. The highest BCUT2D eigenvalue weighted by molar-refractivity contribution is 7.92. The van der Waals surface area contributed by atoms with Gasteiger partial charge in [0.2, 0.25) is 15.9 Å². The highest BCUT2D eigenvalue weighted by Crippen LogP contribution is 2.22. The molecular weight excluding hydrogens is 376 g/mol. The quantitative estimate of drug-likeness (QED) is 0.777. The van der Waals surface area contributed by atoms with E-state index in [1.54, 1.807) is 42.5 Å². The number of carbonyl (C=O) groups is 1. The summed E-state index contributed by atoms with van der Waals surface area (Å²) in [5.41, 5.74) is 1.95. The normalized spacial score (nSPS) is 11.1. The Labute approximate surface area is 158 Å². The van der Waals surface area contributed by atoms with Gasteiger partial charge in [-0.25, -0.2) is 8.42 Å². The maximum atomic E-state index is 12.2. The van der Waals surface area contributed by atoms with Gasteiger partial charge in [0, 0.05) is 23.7 Å². The Morgan fingerprint density at radius 1 is 1.19 bits per heavy atom. The first-order chi connectivity index (χ1) is 12.2. The number of benzene rings is 2. The molecule has 2 aromatic carbocycles. The number of nitrogens with one attached hydrogen (secondary N) is 1. The third-order valence-electron chi connectivity index (χ3n) is 3.76. The van der Waals surface area contributed by atoms with Crippen molar-refractivity contribution in [3.05, 3.63) is 53.1 Å². The van der Waals surface area contributed by atoms with E-state index in [1.165, 1.54) is 11.4 Å². The number of anilines is 2. The molecule has 0 spiro atoms. The minimum Gasteiger partial charge on any atom is -0.497 e. The lowest BCUT2D eigenvalue weighted by molar-refractivity contribution is -0.116. The van der Waals surface area contributed by atoms with Gasteiger partial charge in [0.25, 0.3) is 0 Å². The maximum Gasteiger partial charge on any atom is 0.232 e. The largest absolute Gasteiger partial charge is 0.497 e. The Hall–Kier alpha value is -2.25. The van der Waals surface area contributed by atoms with Crippen molar-refractivity contribution in [1.29, 1.82) is 0 Å². The van der Waals surface area contributed by atoms with Crippen LogP contribution in [0.2, 0.25) is 5.02 Å². The molecule has 140 valence electrons. The van der Waals surface area contributed by atoms with Crippen LogP contribution in [0.5, 0.6) is 5.75 Å². The van der Waals surface area contributed by atoms with E-state index in [4.69, 9.17) is 16.3 Å². The Bertz CT molecular complexity index is 883. The van der Waals surface area contributed by atoms with Gasteiger partial charge in [0.1, 0.15) is 5.75 Å². The van der Waals surface area contributed by atoms with Gasteiger partial charge in [-0.1, -0.05) is 17.7 Å². The van der Waals surface area contributed by atoms with E-state index in [9.17, 15) is 13.2 Å². The number of rotatable bonds is 7. The zero-order valence-electron chi connectivity index (χ0n) is 14.8. The minimum absolute atomic E-state index is 0.00456. The Kier molecular flexibility index (Phi) is 6.50. The number of aryl methyl sites for hydroxylation is 1. The van der Waals surface area contributed by atoms with Crippen LogP contribution >= 0.6 is 11.6 Å².